The number of benzene rings is 1. The zero-order valence-corrected chi connectivity index (χ0v) is 16.9. The van der Waals surface area contributed by atoms with Gasteiger partial charge in [-0.15, -0.1) is 0 Å². The number of amides is 2. The van der Waals surface area contributed by atoms with Crippen LogP contribution in [-0.2, 0) is 19.1 Å². The van der Waals surface area contributed by atoms with Gasteiger partial charge >= 0.3 is 0 Å². The van der Waals surface area contributed by atoms with Crippen molar-refractivity contribution in [3.05, 3.63) is 35.5 Å². The lowest BCUT2D eigenvalue weighted by Crippen LogP contribution is -2.42. The van der Waals surface area contributed by atoms with Crippen molar-refractivity contribution in [3.8, 4) is 5.75 Å². The number of hydrogen-bond acceptors (Lipinski definition) is 6. The third-order valence-corrected chi connectivity index (χ3v) is 5.50. The second-order valence-corrected chi connectivity index (χ2v) is 7.55. The largest absolute Gasteiger partial charge is 0.494 e. The van der Waals surface area contributed by atoms with Crippen LogP contribution in [0.2, 0.25) is 0 Å². The predicted molar refractivity (Wildman–Crippen MR) is 107 cm³/mol. The Balaban J connectivity index is 1.64. The average molecular weight is 400 g/mol. The molecule has 4 rings (SSSR count). The van der Waals surface area contributed by atoms with E-state index in [1.165, 1.54) is 4.90 Å². The third-order valence-electron chi connectivity index (χ3n) is 5.50. The summed E-state index contributed by atoms with van der Waals surface area (Å²) in [5.74, 6) is 0.292. The lowest BCUT2D eigenvalue weighted by atomic mass is 10.0. The second-order valence-electron chi connectivity index (χ2n) is 7.55. The Bertz CT molecular complexity index is 777. The van der Waals surface area contributed by atoms with E-state index in [0.717, 1.165) is 30.6 Å². The van der Waals surface area contributed by atoms with E-state index in [0.29, 0.717) is 57.3 Å². The predicted octanol–water partition coefficient (Wildman–Crippen LogP) is 2.07. The van der Waals surface area contributed by atoms with E-state index < -0.39 is 0 Å². The Morgan fingerprint density at radius 1 is 1.07 bits per heavy atom. The van der Waals surface area contributed by atoms with Crippen LogP contribution in [0.4, 0.5) is 0 Å². The smallest absolute Gasteiger partial charge is 0.277 e. The van der Waals surface area contributed by atoms with Crippen molar-refractivity contribution in [2.75, 3.05) is 46.1 Å². The summed E-state index contributed by atoms with van der Waals surface area (Å²) in [7, 11) is 0. The summed E-state index contributed by atoms with van der Waals surface area (Å²) < 4.78 is 16.8. The van der Waals surface area contributed by atoms with Gasteiger partial charge in [-0.3, -0.25) is 14.5 Å². The number of imide groups is 1. The quantitative estimate of drug-likeness (QED) is 0.653. The molecule has 1 aromatic rings. The van der Waals surface area contributed by atoms with E-state index in [1.54, 1.807) is 0 Å². The standard InChI is InChI=1S/C22H28N2O5/c1-2-11-28-17-7-5-16(6-8-17)19-20(23-9-13-27-14-10-23)22(26)24(21(19)25)15-18-4-3-12-29-18/h5-8,18H,2-4,9-15H2,1H3. The minimum Gasteiger partial charge on any atom is -0.494 e. The van der Waals surface area contributed by atoms with Crippen LogP contribution >= 0.6 is 0 Å². The molecular formula is C22H28N2O5. The maximum absolute atomic E-state index is 13.3. The summed E-state index contributed by atoms with van der Waals surface area (Å²) in [6.07, 6.45) is 2.71. The number of nitrogens with zero attached hydrogens (tertiary/aromatic N) is 2. The molecular weight excluding hydrogens is 372 g/mol. The normalized spacial score (nSPS) is 22.7. The molecule has 0 aliphatic carbocycles. The summed E-state index contributed by atoms with van der Waals surface area (Å²) in [6, 6.07) is 7.44. The van der Waals surface area contributed by atoms with E-state index in [4.69, 9.17) is 14.2 Å². The number of rotatable bonds is 7. The topological polar surface area (TPSA) is 68.3 Å². The van der Waals surface area contributed by atoms with Crippen molar-refractivity contribution in [1.29, 1.82) is 0 Å². The molecule has 2 amide bonds. The van der Waals surface area contributed by atoms with Crippen molar-refractivity contribution in [2.45, 2.75) is 32.3 Å². The summed E-state index contributed by atoms with van der Waals surface area (Å²) in [4.78, 5) is 29.9. The van der Waals surface area contributed by atoms with Gasteiger partial charge in [0.15, 0.2) is 0 Å². The van der Waals surface area contributed by atoms with Crippen LogP contribution in [0.15, 0.2) is 30.0 Å². The zero-order valence-electron chi connectivity index (χ0n) is 16.9. The molecule has 0 N–H and O–H groups in total. The maximum Gasteiger partial charge on any atom is 0.277 e. The fourth-order valence-electron chi connectivity index (χ4n) is 4.00. The molecule has 3 aliphatic rings. The Labute approximate surface area is 171 Å². The van der Waals surface area contributed by atoms with Crippen molar-refractivity contribution < 1.29 is 23.8 Å². The highest BCUT2D eigenvalue weighted by atomic mass is 16.5. The van der Waals surface area contributed by atoms with Crippen LogP contribution in [0.1, 0.15) is 31.7 Å². The van der Waals surface area contributed by atoms with Gasteiger partial charge in [-0.25, -0.2) is 0 Å². The van der Waals surface area contributed by atoms with Gasteiger partial charge in [0, 0.05) is 19.7 Å². The Morgan fingerprint density at radius 2 is 1.83 bits per heavy atom. The van der Waals surface area contributed by atoms with Gasteiger partial charge in [-0.1, -0.05) is 19.1 Å². The summed E-state index contributed by atoms with van der Waals surface area (Å²) in [6.45, 7) is 6.00. The van der Waals surface area contributed by atoms with Gasteiger partial charge < -0.3 is 19.1 Å². The van der Waals surface area contributed by atoms with Gasteiger partial charge in [-0.2, -0.15) is 0 Å². The first-order valence-electron chi connectivity index (χ1n) is 10.5. The minimum absolute atomic E-state index is 0.0713. The molecule has 0 aromatic heterocycles. The van der Waals surface area contributed by atoms with Crippen LogP contribution in [0, 0.1) is 0 Å². The number of morpholine rings is 1. The molecule has 0 spiro atoms. The molecule has 3 aliphatic heterocycles. The monoisotopic (exact) mass is 400 g/mol. The number of carbonyl (C=O) groups is 2. The van der Waals surface area contributed by atoms with Crippen LogP contribution in [0.3, 0.4) is 0 Å². The van der Waals surface area contributed by atoms with Gasteiger partial charge in [0.25, 0.3) is 11.8 Å². The number of hydrogen-bond donors (Lipinski definition) is 0. The highest BCUT2D eigenvalue weighted by molar-refractivity contribution is 6.35. The molecule has 3 heterocycles. The van der Waals surface area contributed by atoms with E-state index >= 15 is 0 Å². The molecule has 156 valence electrons. The van der Waals surface area contributed by atoms with E-state index in [1.807, 2.05) is 29.2 Å². The first-order chi connectivity index (χ1) is 14.2. The van der Waals surface area contributed by atoms with E-state index in [2.05, 4.69) is 6.92 Å². The van der Waals surface area contributed by atoms with Crippen molar-refractivity contribution in [2.24, 2.45) is 0 Å². The molecule has 2 saturated heterocycles. The fraction of sp³-hybridized carbons (Fsp3) is 0.545. The first kappa shape index (κ1) is 19.9. The Morgan fingerprint density at radius 3 is 2.48 bits per heavy atom. The Hall–Kier alpha value is -2.38. The third kappa shape index (κ3) is 4.16. The average Bonchev–Trinajstić information content (AvgIpc) is 3.35. The van der Waals surface area contributed by atoms with E-state index in [-0.39, 0.29) is 17.9 Å². The second kappa shape index (κ2) is 8.97. The van der Waals surface area contributed by atoms with Crippen LogP contribution in [-0.4, -0.2) is 73.8 Å². The molecule has 29 heavy (non-hydrogen) atoms. The maximum atomic E-state index is 13.3. The van der Waals surface area contributed by atoms with E-state index in [9.17, 15) is 9.59 Å². The number of ether oxygens (including phenoxy) is 3. The highest BCUT2D eigenvalue weighted by Crippen LogP contribution is 2.33. The lowest BCUT2D eigenvalue weighted by molar-refractivity contribution is -0.139. The highest BCUT2D eigenvalue weighted by Gasteiger charge is 2.43. The molecule has 0 saturated carbocycles. The van der Waals surface area contributed by atoms with Crippen molar-refractivity contribution >= 4 is 17.4 Å². The van der Waals surface area contributed by atoms with Crippen LogP contribution < -0.4 is 4.74 Å². The van der Waals surface area contributed by atoms with Crippen molar-refractivity contribution in [3.63, 3.8) is 0 Å². The van der Waals surface area contributed by atoms with Crippen LogP contribution in [0.25, 0.3) is 5.57 Å². The summed E-state index contributed by atoms with van der Waals surface area (Å²) in [5, 5.41) is 0. The van der Waals surface area contributed by atoms with Crippen LogP contribution in [0.5, 0.6) is 5.75 Å². The molecule has 7 nitrogen and oxygen atoms in total. The lowest BCUT2D eigenvalue weighted by Gasteiger charge is -2.30. The molecule has 1 unspecified atom stereocenters. The molecule has 1 atom stereocenters. The number of carbonyl (C=O) groups excluding carboxylic acids is 2. The summed E-state index contributed by atoms with van der Waals surface area (Å²) in [5.41, 5.74) is 1.69. The van der Waals surface area contributed by atoms with Gasteiger partial charge in [-0.05, 0) is 37.0 Å². The van der Waals surface area contributed by atoms with Gasteiger partial charge in [0.2, 0.25) is 0 Å². The minimum atomic E-state index is -0.241. The molecule has 0 bridgehead atoms. The van der Waals surface area contributed by atoms with Crippen molar-refractivity contribution in [1.82, 2.24) is 9.80 Å². The molecule has 2 fully saturated rings. The van der Waals surface area contributed by atoms with Gasteiger partial charge in [0.1, 0.15) is 11.4 Å². The zero-order chi connectivity index (χ0) is 20.2. The van der Waals surface area contributed by atoms with Gasteiger partial charge in [0.05, 0.1) is 38.0 Å². The first-order valence-corrected chi connectivity index (χ1v) is 10.5. The molecule has 1 aromatic carbocycles. The molecule has 7 heteroatoms. The summed E-state index contributed by atoms with van der Waals surface area (Å²) >= 11 is 0. The SMILES string of the molecule is CCCOc1ccc(C2=C(N3CCOCC3)C(=O)N(CC3CCCO3)C2=O)cc1. The Kier molecular flexibility index (Phi) is 6.16. The molecule has 0 radical (unpaired) electrons. The fourth-order valence-corrected chi connectivity index (χ4v) is 4.00.